The lowest BCUT2D eigenvalue weighted by Gasteiger charge is -2.60. The Hall–Kier alpha value is -0.480. The average Bonchev–Trinajstić information content (AvgIpc) is 2.83. The van der Waals surface area contributed by atoms with Gasteiger partial charge in [-0.05, 0) is 91.4 Å². The second-order valence-electron chi connectivity index (χ2n) is 9.05. The van der Waals surface area contributed by atoms with E-state index in [9.17, 15) is 0 Å². The molecule has 0 radical (unpaired) electrons. The minimum atomic E-state index is 0.459. The predicted octanol–water partition coefficient (Wildman–Crippen LogP) is 6.13. The Labute approximate surface area is 131 Å². The highest BCUT2D eigenvalue weighted by Gasteiger charge is 2.58. The van der Waals surface area contributed by atoms with Crippen molar-refractivity contribution in [2.45, 2.75) is 78.1 Å². The van der Waals surface area contributed by atoms with Crippen molar-refractivity contribution in [3.05, 3.63) is 17.9 Å². The molecule has 0 bridgehead atoms. The van der Waals surface area contributed by atoms with Gasteiger partial charge < -0.3 is 0 Å². The zero-order valence-corrected chi connectivity index (χ0v) is 14.1. The van der Waals surface area contributed by atoms with Gasteiger partial charge in [-0.2, -0.15) is 0 Å². The van der Waals surface area contributed by atoms with Crippen LogP contribution in [0.25, 0.3) is 0 Å². The predicted molar refractivity (Wildman–Crippen MR) is 89.0 cm³/mol. The molecule has 0 aromatic heterocycles. The van der Waals surface area contributed by atoms with Gasteiger partial charge in [0.05, 0.1) is 0 Å². The summed E-state index contributed by atoms with van der Waals surface area (Å²) in [5, 5.41) is 0. The fourth-order valence-electron chi connectivity index (χ4n) is 7.40. The fourth-order valence-corrected chi connectivity index (χ4v) is 7.40. The topological polar surface area (TPSA) is 0 Å². The van der Waals surface area contributed by atoms with E-state index < -0.39 is 0 Å². The molecule has 0 saturated heterocycles. The zero-order valence-electron chi connectivity index (χ0n) is 14.1. The van der Waals surface area contributed by atoms with E-state index in [0.717, 1.165) is 23.7 Å². The Morgan fingerprint density at radius 3 is 2.62 bits per heavy atom. The van der Waals surface area contributed by atoms with E-state index in [1.54, 1.807) is 5.57 Å². The monoisotopic (exact) mass is 284 g/mol. The molecule has 116 valence electrons. The van der Waals surface area contributed by atoms with E-state index in [4.69, 9.17) is 0 Å². The van der Waals surface area contributed by atoms with Crippen molar-refractivity contribution in [3.8, 4) is 0 Å². The van der Waals surface area contributed by atoms with Crippen molar-refractivity contribution in [1.82, 2.24) is 0 Å². The largest absolute Gasteiger partial charge is 0.129 e. The third-order valence-electron chi connectivity index (χ3n) is 8.58. The number of hydrogen-bond acceptors (Lipinski definition) is 0. The first kappa shape index (κ1) is 14.1. The van der Waals surface area contributed by atoms with Gasteiger partial charge in [0.1, 0.15) is 0 Å². The maximum Gasteiger partial charge on any atom is -0.000958 e. The summed E-state index contributed by atoms with van der Waals surface area (Å²) in [6.45, 7) is 9.22. The van der Waals surface area contributed by atoms with Gasteiger partial charge in [-0.15, -0.1) is 5.73 Å². The van der Waals surface area contributed by atoms with Crippen LogP contribution in [-0.4, -0.2) is 0 Å². The van der Waals surface area contributed by atoms with Gasteiger partial charge in [-0.3, -0.25) is 0 Å². The summed E-state index contributed by atoms with van der Waals surface area (Å²) < 4.78 is 0. The van der Waals surface area contributed by atoms with Crippen LogP contribution in [0.5, 0.6) is 0 Å². The quantitative estimate of drug-likeness (QED) is 0.469. The summed E-state index contributed by atoms with van der Waals surface area (Å²) >= 11 is 0. The van der Waals surface area contributed by atoms with Crippen LogP contribution in [0, 0.1) is 34.5 Å². The van der Waals surface area contributed by atoms with E-state index in [0.29, 0.717) is 10.8 Å². The van der Waals surface area contributed by atoms with E-state index in [2.05, 4.69) is 26.2 Å². The van der Waals surface area contributed by atoms with Crippen molar-refractivity contribution in [1.29, 1.82) is 0 Å². The molecule has 0 aromatic carbocycles. The third-order valence-corrected chi connectivity index (χ3v) is 8.58. The number of hydrogen-bond donors (Lipinski definition) is 0. The Bertz CT molecular complexity index is 482. The van der Waals surface area contributed by atoms with Crippen molar-refractivity contribution in [2.75, 3.05) is 0 Å². The Kier molecular flexibility index (Phi) is 3.20. The smallest absolute Gasteiger partial charge is 0.000958 e. The lowest BCUT2D eigenvalue weighted by molar-refractivity contribution is -0.0972. The maximum absolute atomic E-state index is 4.00. The minimum Gasteiger partial charge on any atom is -0.129 e. The summed E-state index contributed by atoms with van der Waals surface area (Å²) in [6.07, 6.45) is 14.7. The van der Waals surface area contributed by atoms with Crippen molar-refractivity contribution in [2.24, 2.45) is 34.5 Å². The molecule has 4 saturated carbocycles. The average molecular weight is 284 g/mol. The van der Waals surface area contributed by atoms with Gasteiger partial charge in [-0.1, -0.05) is 33.3 Å². The lowest BCUT2D eigenvalue weighted by Crippen LogP contribution is -2.52. The van der Waals surface area contributed by atoms with E-state index >= 15 is 0 Å². The molecule has 21 heavy (non-hydrogen) atoms. The molecule has 4 aliphatic rings. The van der Waals surface area contributed by atoms with Gasteiger partial charge in [-0.25, -0.2) is 0 Å². The molecule has 0 heteroatoms. The summed E-state index contributed by atoms with van der Waals surface area (Å²) in [5.41, 5.74) is 6.05. The third kappa shape index (κ3) is 1.81. The highest BCUT2D eigenvalue weighted by Crippen LogP contribution is 2.67. The number of fused-ring (bicyclic) bond motifs is 5. The first-order valence-corrected chi connectivity index (χ1v) is 9.49. The first-order chi connectivity index (χ1) is 10.1. The van der Waals surface area contributed by atoms with Gasteiger partial charge in [0.2, 0.25) is 0 Å². The second kappa shape index (κ2) is 4.76. The van der Waals surface area contributed by atoms with Crippen LogP contribution in [0.1, 0.15) is 78.1 Å². The molecule has 0 aliphatic heterocycles. The van der Waals surface area contributed by atoms with Crippen LogP contribution in [0.2, 0.25) is 0 Å². The van der Waals surface area contributed by atoms with Crippen LogP contribution in [-0.2, 0) is 0 Å². The Morgan fingerprint density at radius 2 is 1.81 bits per heavy atom. The number of allylic oxidation sites excluding steroid dienone is 1. The van der Waals surface area contributed by atoms with E-state index in [-0.39, 0.29) is 0 Å². The van der Waals surface area contributed by atoms with E-state index in [1.165, 1.54) is 64.2 Å². The lowest BCUT2D eigenvalue weighted by atomic mass is 9.45. The van der Waals surface area contributed by atoms with Gasteiger partial charge in [0, 0.05) is 0 Å². The molecule has 6 atom stereocenters. The molecule has 0 amide bonds. The van der Waals surface area contributed by atoms with Crippen LogP contribution in [0.3, 0.4) is 0 Å². The zero-order chi connectivity index (χ0) is 14.7. The molecule has 4 aliphatic carbocycles. The molecule has 0 nitrogen and oxygen atoms in total. The van der Waals surface area contributed by atoms with Crippen molar-refractivity contribution >= 4 is 0 Å². The van der Waals surface area contributed by atoms with Gasteiger partial charge >= 0.3 is 0 Å². The van der Waals surface area contributed by atoms with Crippen LogP contribution in [0.15, 0.2) is 17.9 Å². The molecule has 0 aromatic rings. The SMILES string of the molecule is C=C=C1CC[C@H]2[C@@H]3CC[C@H]4CCCC[C@]4(C)[C@H]3CC[C@]12C. The maximum atomic E-state index is 4.00. The molecular weight excluding hydrogens is 252 g/mol. The highest BCUT2D eigenvalue weighted by atomic mass is 14.6. The molecule has 4 rings (SSSR count). The summed E-state index contributed by atoms with van der Waals surface area (Å²) in [6, 6.07) is 0. The minimum absolute atomic E-state index is 0.459. The molecule has 0 unspecified atom stereocenters. The van der Waals surface area contributed by atoms with Crippen LogP contribution >= 0.6 is 0 Å². The Morgan fingerprint density at radius 1 is 0.952 bits per heavy atom. The first-order valence-electron chi connectivity index (χ1n) is 9.49. The second-order valence-corrected chi connectivity index (χ2v) is 9.05. The fraction of sp³-hybridized carbons (Fsp3) is 0.857. The molecule has 4 fully saturated rings. The Balaban J connectivity index is 1.67. The number of rotatable bonds is 0. The van der Waals surface area contributed by atoms with Gasteiger partial charge in [0.15, 0.2) is 0 Å². The van der Waals surface area contributed by atoms with Gasteiger partial charge in [0.25, 0.3) is 0 Å². The van der Waals surface area contributed by atoms with Crippen LogP contribution < -0.4 is 0 Å². The standard InChI is InChI=1S/C21H32/c1-4-15-9-11-18-17-10-8-16-7-5-6-13-20(16,2)19(17)12-14-21(15,18)3/h16-19H,1,5-14H2,2-3H3/t16-,17+,18+,19+,20+,21-/m1/s1. The summed E-state index contributed by atoms with van der Waals surface area (Å²) in [5.74, 6) is 4.03. The molecule has 0 heterocycles. The highest BCUT2D eigenvalue weighted by molar-refractivity contribution is 5.23. The van der Waals surface area contributed by atoms with Crippen molar-refractivity contribution in [3.63, 3.8) is 0 Å². The van der Waals surface area contributed by atoms with Crippen LogP contribution in [0.4, 0.5) is 0 Å². The molecule has 0 N–H and O–H groups in total. The summed E-state index contributed by atoms with van der Waals surface area (Å²) in [4.78, 5) is 0. The van der Waals surface area contributed by atoms with Crippen molar-refractivity contribution < 1.29 is 0 Å². The normalized spacial score (nSPS) is 52.6. The summed E-state index contributed by atoms with van der Waals surface area (Å²) in [7, 11) is 0. The molecular formula is C21H32. The van der Waals surface area contributed by atoms with E-state index in [1.807, 2.05) is 0 Å². The molecule has 0 spiro atoms.